The summed E-state index contributed by atoms with van der Waals surface area (Å²) in [5, 5.41) is 19.1. The second-order valence-corrected chi connectivity index (χ2v) is 8.72. The molecule has 1 saturated carbocycles. The summed E-state index contributed by atoms with van der Waals surface area (Å²) < 4.78 is 16.4. The molecular formula is C24H34O7. The highest BCUT2D eigenvalue weighted by molar-refractivity contribution is 5.69. The SMILES string of the molecule is CC[C@H](O)CC[C@@H]1[C@H]2Cc3cccc(OCC(=O)O)c3C[C@H]2C[C@H]1OC(=O)CCOC. The van der Waals surface area contributed by atoms with Crippen molar-refractivity contribution >= 4 is 11.9 Å². The molecule has 0 aliphatic heterocycles. The topological polar surface area (TPSA) is 102 Å². The first-order chi connectivity index (χ1) is 14.9. The lowest BCUT2D eigenvalue weighted by molar-refractivity contribution is -0.152. The zero-order valence-electron chi connectivity index (χ0n) is 18.4. The van der Waals surface area contributed by atoms with E-state index in [0.29, 0.717) is 37.0 Å². The molecular weight excluding hydrogens is 400 g/mol. The Kier molecular flexibility index (Phi) is 8.32. The lowest BCUT2D eigenvalue weighted by Gasteiger charge is -2.32. The van der Waals surface area contributed by atoms with E-state index in [2.05, 4.69) is 6.07 Å². The van der Waals surface area contributed by atoms with E-state index in [4.69, 9.17) is 19.3 Å². The third-order valence-corrected chi connectivity index (χ3v) is 6.77. The van der Waals surface area contributed by atoms with Crippen LogP contribution in [0.1, 0.15) is 50.2 Å². The summed E-state index contributed by atoms with van der Waals surface area (Å²) in [5.74, 6) is 0.308. The monoisotopic (exact) mass is 434 g/mol. The largest absolute Gasteiger partial charge is 0.482 e. The number of fused-ring (bicyclic) bond motifs is 2. The highest BCUT2D eigenvalue weighted by Crippen LogP contribution is 2.49. The van der Waals surface area contributed by atoms with E-state index in [1.54, 1.807) is 7.11 Å². The standard InChI is InChI=1S/C24H34O7/c1-3-17(25)7-8-18-19-11-15-5-4-6-21(30-14-23(26)27)20(15)12-16(19)13-22(18)31-24(28)9-10-29-2/h4-6,16-19,22,25H,3,7-14H2,1-2H3,(H,26,27)/t16-,17-,18+,19-,22+/m0/s1. The van der Waals surface area contributed by atoms with Crippen LogP contribution in [0.5, 0.6) is 5.75 Å². The van der Waals surface area contributed by atoms with Crippen LogP contribution in [0.15, 0.2) is 18.2 Å². The Hall–Kier alpha value is -2.12. The Morgan fingerprint density at radius 3 is 2.77 bits per heavy atom. The summed E-state index contributed by atoms with van der Waals surface area (Å²) in [4.78, 5) is 23.2. The Bertz CT molecular complexity index is 762. The van der Waals surface area contributed by atoms with Crippen molar-refractivity contribution in [1.82, 2.24) is 0 Å². The number of hydrogen-bond acceptors (Lipinski definition) is 6. The molecule has 2 aliphatic rings. The van der Waals surface area contributed by atoms with Crippen LogP contribution >= 0.6 is 0 Å². The van der Waals surface area contributed by atoms with Crippen molar-refractivity contribution in [1.29, 1.82) is 0 Å². The molecule has 0 spiro atoms. The summed E-state index contributed by atoms with van der Waals surface area (Å²) in [7, 11) is 1.56. The number of hydrogen-bond donors (Lipinski definition) is 2. The van der Waals surface area contributed by atoms with Gasteiger partial charge in [0.25, 0.3) is 0 Å². The maximum absolute atomic E-state index is 12.3. The normalized spacial score (nSPS) is 25.4. The second-order valence-electron chi connectivity index (χ2n) is 8.72. The van der Waals surface area contributed by atoms with Crippen LogP contribution in [0.3, 0.4) is 0 Å². The molecule has 7 nitrogen and oxygen atoms in total. The highest BCUT2D eigenvalue weighted by Gasteiger charge is 2.47. The fourth-order valence-corrected chi connectivity index (χ4v) is 5.19. The third-order valence-electron chi connectivity index (χ3n) is 6.77. The van der Waals surface area contributed by atoms with Gasteiger partial charge in [-0.25, -0.2) is 4.79 Å². The van der Waals surface area contributed by atoms with Gasteiger partial charge in [-0.15, -0.1) is 0 Å². The van der Waals surface area contributed by atoms with Gasteiger partial charge in [0.05, 0.1) is 19.1 Å². The maximum Gasteiger partial charge on any atom is 0.341 e. The van der Waals surface area contributed by atoms with Gasteiger partial charge in [0.2, 0.25) is 0 Å². The van der Waals surface area contributed by atoms with Gasteiger partial charge in [0, 0.05) is 7.11 Å². The van der Waals surface area contributed by atoms with Crippen LogP contribution in [-0.4, -0.2) is 54.7 Å². The van der Waals surface area contributed by atoms with Gasteiger partial charge in [0.1, 0.15) is 11.9 Å². The van der Waals surface area contributed by atoms with E-state index in [1.165, 1.54) is 5.56 Å². The predicted octanol–water partition coefficient (Wildman–Crippen LogP) is 3.00. The molecule has 172 valence electrons. The van der Waals surface area contributed by atoms with Crippen molar-refractivity contribution < 1.29 is 34.0 Å². The van der Waals surface area contributed by atoms with Crippen molar-refractivity contribution in [3.8, 4) is 5.75 Å². The molecule has 5 atom stereocenters. The van der Waals surface area contributed by atoms with Crippen LogP contribution in [0.25, 0.3) is 0 Å². The Morgan fingerprint density at radius 2 is 2.06 bits per heavy atom. The minimum atomic E-state index is -0.996. The number of methoxy groups -OCH3 is 1. The number of carboxylic acid groups (broad SMARTS) is 1. The van der Waals surface area contributed by atoms with Crippen molar-refractivity contribution in [3.05, 3.63) is 29.3 Å². The van der Waals surface area contributed by atoms with Crippen molar-refractivity contribution in [2.45, 2.75) is 64.1 Å². The molecule has 31 heavy (non-hydrogen) atoms. The van der Waals surface area contributed by atoms with Crippen LogP contribution in [-0.2, 0) is 31.9 Å². The molecule has 1 aromatic rings. The number of carbonyl (C=O) groups excluding carboxylic acids is 1. The predicted molar refractivity (Wildman–Crippen MR) is 114 cm³/mol. The van der Waals surface area contributed by atoms with Crippen LogP contribution in [0, 0.1) is 17.8 Å². The number of esters is 1. The van der Waals surface area contributed by atoms with Gasteiger partial charge in [-0.05, 0) is 73.5 Å². The molecule has 7 heteroatoms. The first-order valence-electron chi connectivity index (χ1n) is 11.2. The molecule has 3 rings (SSSR count). The Balaban J connectivity index is 1.76. The lowest BCUT2D eigenvalue weighted by atomic mass is 9.73. The van der Waals surface area contributed by atoms with Crippen LogP contribution < -0.4 is 4.74 Å². The second kappa shape index (κ2) is 11.0. The summed E-state index contributed by atoms with van der Waals surface area (Å²) in [6.07, 6.45) is 4.39. The number of ether oxygens (including phenoxy) is 3. The van der Waals surface area contributed by atoms with E-state index in [-0.39, 0.29) is 37.1 Å². The zero-order chi connectivity index (χ0) is 22.4. The van der Waals surface area contributed by atoms with E-state index in [1.807, 2.05) is 19.1 Å². The average Bonchev–Trinajstić information content (AvgIpc) is 3.08. The molecule has 0 bridgehead atoms. The zero-order valence-corrected chi connectivity index (χ0v) is 18.4. The molecule has 1 fully saturated rings. The number of aliphatic carboxylic acids is 1. The smallest absolute Gasteiger partial charge is 0.341 e. The lowest BCUT2D eigenvalue weighted by Crippen LogP contribution is -2.30. The summed E-state index contributed by atoms with van der Waals surface area (Å²) >= 11 is 0. The third kappa shape index (κ3) is 5.98. The summed E-state index contributed by atoms with van der Waals surface area (Å²) in [6.45, 7) is 1.95. The number of carbonyl (C=O) groups is 2. The van der Waals surface area contributed by atoms with Gasteiger partial charge < -0.3 is 24.4 Å². The number of aliphatic hydroxyl groups is 1. The quantitative estimate of drug-likeness (QED) is 0.516. The van der Waals surface area contributed by atoms with Crippen LogP contribution in [0.2, 0.25) is 0 Å². The Labute approximate surface area is 183 Å². The molecule has 0 radical (unpaired) electrons. The molecule has 0 aromatic heterocycles. The highest BCUT2D eigenvalue weighted by atomic mass is 16.5. The van der Waals surface area contributed by atoms with Gasteiger partial charge in [-0.2, -0.15) is 0 Å². The van der Waals surface area contributed by atoms with Gasteiger partial charge in [0.15, 0.2) is 6.61 Å². The summed E-state index contributed by atoms with van der Waals surface area (Å²) in [6, 6.07) is 5.81. The number of aliphatic hydroxyl groups excluding tert-OH is 1. The van der Waals surface area contributed by atoms with E-state index in [0.717, 1.165) is 31.2 Å². The molecule has 0 unspecified atom stereocenters. The van der Waals surface area contributed by atoms with Gasteiger partial charge in [-0.3, -0.25) is 4.79 Å². The van der Waals surface area contributed by atoms with E-state index < -0.39 is 5.97 Å². The fourth-order valence-electron chi connectivity index (χ4n) is 5.19. The van der Waals surface area contributed by atoms with Crippen molar-refractivity contribution in [2.24, 2.45) is 17.8 Å². The first kappa shape index (κ1) is 23.5. The van der Waals surface area contributed by atoms with Crippen molar-refractivity contribution in [3.63, 3.8) is 0 Å². The minimum Gasteiger partial charge on any atom is -0.482 e. The molecule has 2 aliphatic carbocycles. The molecule has 0 amide bonds. The van der Waals surface area contributed by atoms with Crippen molar-refractivity contribution in [2.75, 3.05) is 20.3 Å². The molecule has 0 saturated heterocycles. The minimum absolute atomic E-state index is 0.166. The average molecular weight is 435 g/mol. The molecule has 2 N–H and O–H groups in total. The number of benzene rings is 1. The number of carboxylic acids is 1. The van der Waals surface area contributed by atoms with E-state index in [9.17, 15) is 14.7 Å². The summed E-state index contributed by atoms with van der Waals surface area (Å²) in [5.41, 5.74) is 2.25. The van der Waals surface area contributed by atoms with Gasteiger partial charge >= 0.3 is 11.9 Å². The molecule has 0 heterocycles. The maximum atomic E-state index is 12.3. The van der Waals surface area contributed by atoms with Gasteiger partial charge in [-0.1, -0.05) is 19.1 Å². The fraction of sp³-hybridized carbons (Fsp3) is 0.667. The molecule has 1 aromatic carbocycles. The van der Waals surface area contributed by atoms with E-state index >= 15 is 0 Å². The van der Waals surface area contributed by atoms with Crippen LogP contribution in [0.4, 0.5) is 0 Å². The number of rotatable bonds is 11. The first-order valence-corrected chi connectivity index (χ1v) is 11.2. The Morgan fingerprint density at radius 1 is 1.26 bits per heavy atom.